The third-order valence-corrected chi connectivity index (χ3v) is 3.60. The third-order valence-electron chi connectivity index (χ3n) is 3.60. The number of carboxylic acid groups (broad SMARTS) is 1. The zero-order valence-electron chi connectivity index (χ0n) is 13.6. The van der Waals surface area contributed by atoms with Crippen LogP contribution in [-0.4, -0.2) is 35.3 Å². The van der Waals surface area contributed by atoms with Gasteiger partial charge >= 0.3 is 5.97 Å². The predicted octanol–water partition coefficient (Wildman–Crippen LogP) is 3.87. The summed E-state index contributed by atoms with van der Waals surface area (Å²) < 4.78 is 10.5. The Kier molecular flexibility index (Phi) is 5.67. The molecule has 0 aliphatic heterocycles. The molecule has 25 heavy (non-hydrogen) atoms. The molecule has 0 unspecified atom stereocenters. The molecule has 0 saturated heterocycles. The fraction of sp³-hybridized carbons (Fsp3) is 0.111. The number of nitrogens with one attached hydrogen (secondary N) is 1. The number of imidazole rings is 1. The Labute approximate surface area is 150 Å². The van der Waals surface area contributed by atoms with E-state index in [1.54, 1.807) is 32.4 Å². The van der Waals surface area contributed by atoms with E-state index in [4.69, 9.17) is 9.47 Å². The number of nitrogens with zero attached hydrogens (tertiary/aromatic N) is 1. The van der Waals surface area contributed by atoms with Crippen LogP contribution in [-0.2, 0) is 0 Å². The number of methoxy groups -OCH3 is 2. The summed E-state index contributed by atoms with van der Waals surface area (Å²) in [6, 6.07) is 10.6. The number of rotatable bonds is 5. The van der Waals surface area contributed by atoms with Gasteiger partial charge in [0.15, 0.2) is 11.5 Å². The van der Waals surface area contributed by atoms with E-state index in [1.165, 1.54) is 6.07 Å². The lowest BCUT2D eigenvalue weighted by molar-refractivity contribution is 0.0699. The van der Waals surface area contributed by atoms with Gasteiger partial charge in [-0.2, -0.15) is 0 Å². The Morgan fingerprint density at radius 2 is 1.88 bits per heavy atom. The van der Waals surface area contributed by atoms with Crippen LogP contribution >= 0.6 is 12.4 Å². The van der Waals surface area contributed by atoms with Crippen molar-refractivity contribution in [3.8, 4) is 11.5 Å². The molecule has 3 rings (SSSR count). The number of aromatic carboxylic acids is 1. The van der Waals surface area contributed by atoms with E-state index in [0.717, 1.165) is 5.56 Å². The molecule has 2 N–H and O–H groups in total. The van der Waals surface area contributed by atoms with E-state index in [0.29, 0.717) is 28.4 Å². The SMILES string of the molecule is COc1ccc(C=Cc2nc3c(C(=O)O)cccc3[nH]2)cc1OC.Cl. The number of ether oxygens (including phenoxy) is 2. The van der Waals surface area contributed by atoms with E-state index in [9.17, 15) is 9.90 Å². The first kappa shape index (κ1) is 18.4. The van der Waals surface area contributed by atoms with Crippen molar-refractivity contribution in [2.45, 2.75) is 0 Å². The van der Waals surface area contributed by atoms with Crippen LogP contribution in [0.25, 0.3) is 23.2 Å². The number of carboxylic acids is 1. The van der Waals surface area contributed by atoms with Gasteiger partial charge in [0.2, 0.25) is 0 Å². The standard InChI is InChI=1S/C18H16N2O4.ClH/c1-23-14-8-6-11(10-15(14)24-2)7-9-16-19-13-5-3-4-12(18(21)22)17(13)20-16;/h3-10H,1-2H3,(H,19,20)(H,21,22);1H. The van der Waals surface area contributed by atoms with Crippen molar-refractivity contribution in [2.24, 2.45) is 0 Å². The van der Waals surface area contributed by atoms with Gasteiger partial charge in [-0.1, -0.05) is 18.2 Å². The number of H-pyrrole nitrogens is 1. The molecule has 0 aliphatic carbocycles. The first-order chi connectivity index (χ1) is 11.6. The molecule has 0 atom stereocenters. The number of benzene rings is 2. The topological polar surface area (TPSA) is 84.4 Å². The van der Waals surface area contributed by atoms with Crippen LogP contribution in [0, 0.1) is 0 Å². The molecule has 0 fully saturated rings. The van der Waals surface area contributed by atoms with Gasteiger partial charge in [-0.3, -0.25) is 0 Å². The van der Waals surface area contributed by atoms with Crippen LogP contribution in [0.4, 0.5) is 0 Å². The van der Waals surface area contributed by atoms with Crippen LogP contribution < -0.4 is 9.47 Å². The maximum atomic E-state index is 11.2. The van der Waals surface area contributed by atoms with Crippen molar-refractivity contribution >= 4 is 41.6 Å². The molecule has 7 heteroatoms. The highest BCUT2D eigenvalue weighted by Crippen LogP contribution is 2.28. The van der Waals surface area contributed by atoms with Crippen molar-refractivity contribution in [3.05, 3.63) is 53.3 Å². The van der Waals surface area contributed by atoms with Crippen LogP contribution in [0.3, 0.4) is 0 Å². The van der Waals surface area contributed by atoms with E-state index in [-0.39, 0.29) is 18.0 Å². The number of fused-ring (bicyclic) bond motifs is 1. The van der Waals surface area contributed by atoms with Gasteiger partial charge in [0, 0.05) is 0 Å². The zero-order valence-corrected chi connectivity index (χ0v) is 14.5. The van der Waals surface area contributed by atoms with Gasteiger partial charge in [0.1, 0.15) is 11.3 Å². The summed E-state index contributed by atoms with van der Waals surface area (Å²) in [6.45, 7) is 0. The summed E-state index contributed by atoms with van der Waals surface area (Å²) in [5.74, 6) is 0.873. The van der Waals surface area contributed by atoms with Gasteiger partial charge < -0.3 is 19.6 Å². The van der Waals surface area contributed by atoms with E-state index < -0.39 is 5.97 Å². The molecule has 1 heterocycles. The molecule has 0 spiro atoms. The van der Waals surface area contributed by atoms with Crippen LogP contribution in [0.1, 0.15) is 21.7 Å². The Hall–Kier alpha value is -2.99. The lowest BCUT2D eigenvalue weighted by Crippen LogP contribution is -1.96. The van der Waals surface area contributed by atoms with E-state index in [2.05, 4.69) is 9.97 Å². The molecule has 6 nitrogen and oxygen atoms in total. The highest BCUT2D eigenvalue weighted by Gasteiger charge is 2.11. The quantitative estimate of drug-likeness (QED) is 0.721. The largest absolute Gasteiger partial charge is 0.493 e. The maximum Gasteiger partial charge on any atom is 0.337 e. The fourth-order valence-electron chi connectivity index (χ4n) is 2.43. The molecule has 0 radical (unpaired) electrons. The Bertz CT molecular complexity index is 934. The van der Waals surface area contributed by atoms with Gasteiger partial charge in [-0.25, -0.2) is 9.78 Å². The number of hydrogen-bond acceptors (Lipinski definition) is 4. The van der Waals surface area contributed by atoms with Crippen LogP contribution in [0.5, 0.6) is 11.5 Å². The van der Waals surface area contributed by atoms with Gasteiger partial charge in [-0.15, -0.1) is 12.4 Å². The normalized spacial score (nSPS) is 10.6. The fourth-order valence-corrected chi connectivity index (χ4v) is 2.43. The summed E-state index contributed by atoms with van der Waals surface area (Å²) in [5.41, 5.74) is 2.21. The highest BCUT2D eigenvalue weighted by molar-refractivity contribution is 6.01. The second-order valence-corrected chi connectivity index (χ2v) is 5.08. The van der Waals surface area contributed by atoms with Gasteiger partial charge in [0.25, 0.3) is 0 Å². The molecule has 0 aliphatic rings. The summed E-state index contributed by atoms with van der Waals surface area (Å²) in [5, 5.41) is 9.21. The molecule has 1 aromatic heterocycles. The average Bonchev–Trinajstić information content (AvgIpc) is 3.02. The average molecular weight is 361 g/mol. The highest BCUT2D eigenvalue weighted by atomic mass is 35.5. The van der Waals surface area contributed by atoms with Gasteiger partial charge in [0.05, 0.1) is 25.3 Å². The summed E-state index contributed by atoms with van der Waals surface area (Å²) in [4.78, 5) is 18.7. The monoisotopic (exact) mass is 360 g/mol. The summed E-state index contributed by atoms with van der Waals surface area (Å²) in [6.07, 6.45) is 3.65. The third kappa shape index (κ3) is 3.75. The smallest absolute Gasteiger partial charge is 0.337 e. The predicted molar refractivity (Wildman–Crippen MR) is 98.8 cm³/mol. The first-order valence-corrected chi connectivity index (χ1v) is 7.24. The Morgan fingerprint density at radius 3 is 2.56 bits per heavy atom. The number of carbonyl (C=O) groups is 1. The van der Waals surface area contributed by atoms with Crippen molar-refractivity contribution < 1.29 is 19.4 Å². The molecular formula is C18H17ClN2O4. The van der Waals surface area contributed by atoms with E-state index >= 15 is 0 Å². The first-order valence-electron chi connectivity index (χ1n) is 7.24. The minimum Gasteiger partial charge on any atom is -0.493 e. The number of halogens is 1. The van der Waals surface area contributed by atoms with Crippen molar-refractivity contribution in [1.29, 1.82) is 0 Å². The van der Waals surface area contributed by atoms with E-state index in [1.807, 2.05) is 24.3 Å². The van der Waals surface area contributed by atoms with Gasteiger partial charge in [-0.05, 0) is 35.9 Å². The number of aromatic nitrogens is 2. The molecule has 0 bridgehead atoms. The van der Waals surface area contributed by atoms with Crippen LogP contribution in [0.15, 0.2) is 36.4 Å². The van der Waals surface area contributed by atoms with Crippen molar-refractivity contribution in [3.63, 3.8) is 0 Å². The Balaban J connectivity index is 0.00000225. The van der Waals surface area contributed by atoms with Crippen LogP contribution in [0.2, 0.25) is 0 Å². The number of aromatic amines is 1. The Morgan fingerprint density at radius 1 is 1.12 bits per heavy atom. The molecular weight excluding hydrogens is 344 g/mol. The second-order valence-electron chi connectivity index (χ2n) is 5.08. The second kappa shape index (κ2) is 7.72. The van der Waals surface area contributed by atoms with Crippen molar-refractivity contribution in [2.75, 3.05) is 14.2 Å². The number of para-hydroxylation sites is 1. The maximum absolute atomic E-state index is 11.2. The lowest BCUT2D eigenvalue weighted by atomic mass is 10.2. The molecule has 130 valence electrons. The minimum absolute atomic E-state index is 0. The minimum atomic E-state index is -0.998. The summed E-state index contributed by atoms with van der Waals surface area (Å²) in [7, 11) is 3.17. The zero-order chi connectivity index (χ0) is 17.1. The number of hydrogen-bond donors (Lipinski definition) is 2. The summed E-state index contributed by atoms with van der Waals surface area (Å²) >= 11 is 0. The molecule has 2 aromatic carbocycles. The molecule has 0 amide bonds. The van der Waals surface area contributed by atoms with Crippen molar-refractivity contribution in [1.82, 2.24) is 9.97 Å². The molecule has 0 saturated carbocycles. The lowest BCUT2D eigenvalue weighted by Gasteiger charge is -2.07. The molecule has 3 aromatic rings.